The van der Waals surface area contributed by atoms with E-state index in [0.29, 0.717) is 12.0 Å². The smallest absolute Gasteiger partial charge is 0.118 e. The van der Waals surface area contributed by atoms with Crippen LogP contribution in [0.1, 0.15) is 45.1 Å². The normalized spacial score (nSPS) is 20.2. The van der Waals surface area contributed by atoms with Gasteiger partial charge in [0.1, 0.15) is 5.75 Å². The molecule has 118 valence electrons. The standard InChI is InChI=1S/C18H29NO2/c1-17(2)9-11-18(20,12-10-17)14-19-13-8-15-4-6-16(21-3)7-5-15/h4-7,19-20H,8-14H2,1-3H3. The molecular formula is C18H29NO2. The number of hydrogen-bond donors (Lipinski definition) is 2. The molecule has 3 heteroatoms. The van der Waals surface area contributed by atoms with Crippen molar-refractivity contribution in [1.82, 2.24) is 5.32 Å². The highest BCUT2D eigenvalue weighted by molar-refractivity contribution is 5.27. The molecule has 0 saturated heterocycles. The lowest BCUT2D eigenvalue weighted by atomic mass is 9.71. The Labute approximate surface area is 128 Å². The van der Waals surface area contributed by atoms with Crippen molar-refractivity contribution in [2.24, 2.45) is 5.41 Å². The fourth-order valence-corrected chi connectivity index (χ4v) is 2.91. The van der Waals surface area contributed by atoms with Gasteiger partial charge in [-0.15, -0.1) is 0 Å². The first-order chi connectivity index (χ1) is 9.92. The third kappa shape index (κ3) is 5.01. The minimum Gasteiger partial charge on any atom is -0.497 e. The molecule has 0 atom stereocenters. The lowest BCUT2D eigenvalue weighted by Crippen LogP contribution is -2.45. The van der Waals surface area contributed by atoms with E-state index in [-0.39, 0.29) is 0 Å². The number of benzene rings is 1. The van der Waals surface area contributed by atoms with Gasteiger partial charge in [0.25, 0.3) is 0 Å². The Morgan fingerprint density at radius 1 is 1.10 bits per heavy atom. The minimum atomic E-state index is -0.505. The van der Waals surface area contributed by atoms with Crippen molar-refractivity contribution >= 4 is 0 Å². The van der Waals surface area contributed by atoms with Crippen LogP contribution in [0.15, 0.2) is 24.3 Å². The fraction of sp³-hybridized carbons (Fsp3) is 0.667. The van der Waals surface area contributed by atoms with Crippen LogP contribution in [0, 0.1) is 5.41 Å². The summed E-state index contributed by atoms with van der Waals surface area (Å²) in [6.07, 6.45) is 5.03. The van der Waals surface area contributed by atoms with Crippen LogP contribution in [-0.4, -0.2) is 30.9 Å². The molecule has 2 N–H and O–H groups in total. The number of hydrogen-bond acceptors (Lipinski definition) is 3. The molecule has 0 bridgehead atoms. The molecule has 1 aromatic carbocycles. The highest BCUT2D eigenvalue weighted by Crippen LogP contribution is 2.39. The molecular weight excluding hydrogens is 262 g/mol. The quantitative estimate of drug-likeness (QED) is 0.791. The molecule has 0 heterocycles. The SMILES string of the molecule is COc1ccc(CCNCC2(O)CCC(C)(C)CC2)cc1. The fourth-order valence-electron chi connectivity index (χ4n) is 2.91. The van der Waals surface area contributed by atoms with Gasteiger partial charge in [0.05, 0.1) is 12.7 Å². The molecule has 1 aliphatic carbocycles. The maximum Gasteiger partial charge on any atom is 0.118 e. The monoisotopic (exact) mass is 291 g/mol. The summed E-state index contributed by atoms with van der Waals surface area (Å²) in [7, 11) is 1.68. The predicted molar refractivity (Wildman–Crippen MR) is 86.8 cm³/mol. The molecule has 1 aliphatic rings. The molecule has 0 unspecified atom stereocenters. The maximum absolute atomic E-state index is 10.6. The van der Waals surface area contributed by atoms with E-state index in [1.54, 1.807) is 7.11 Å². The average molecular weight is 291 g/mol. The van der Waals surface area contributed by atoms with Crippen LogP contribution >= 0.6 is 0 Å². The first-order valence-electron chi connectivity index (χ1n) is 7.99. The van der Waals surface area contributed by atoms with Crippen LogP contribution in [0.3, 0.4) is 0 Å². The lowest BCUT2D eigenvalue weighted by molar-refractivity contribution is -0.0240. The third-order valence-corrected chi connectivity index (χ3v) is 4.74. The zero-order valence-corrected chi connectivity index (χ0v) is 13.6. The number of methoxy groups -OCH3 is 1. The molecule has 1 saturated carbocycles. The van der Waals surface area contributed by atoms with Crippen molar-refractivity contribution in [2.75, 3.05) is 20.2 Å². The zero-order chi connectivity index (χ0) is 15.3. The maximum atomic E-state index is 10.6. The molecule has 1 aromatic rings. The van der Waals surface area contributed by atoms with Gasteiger partial charge in [-0.1, -0.05) is 26.0 Å². The molecule has 21 heavy (non-hydrogen) atoms. The van der Waals surface area contributed by atoms with E-state index in [9.17, 15) is 5.11 Å². The van der Waals surface area contributed by atoms with Crippen LogP contribution in [0.2, 0.25) is 0 Å². The van der Waals surface area contributed by atoms with E-state index in [1.165, 1.54) is 5.56 Å². The van der Waals surface area contributed by atoms with E-state index in [0.717, 1.165) is 44.4 Å². The summed E-state index contributed by atoms with van der Waals surface area (Å²) >= 11 is 0. The Hall–Kier alpha value is -1.06. The van der Waals surface area contributed by atoms with Gasteiger partial charge in [0.15, 0.2) is 0 Å². The summed E-state index contributed by atoms with van der Waals surface area (Å²) in [4.78, 5) is 0. The van der Waals surface area contributed by atoms with Gasteiger partial charge in [-0.3, -0.25) is 0 Å². The molecule has 0 aliphatic heterocycles. The third-order valence-electron chi connectivity index (χ3n) is 4.74. The van der Waals surface area contributed by atoms with Crippen molar-refractivity contribution in [2.45, 2.75) is 51.6 Å². The van der Waals surface area contributed by atoms with Crippen LogP contribution in [0.5, 0.6) is 5.75 Å². The van der Waals surface area contributed by atoms with E-state index in [2.05, 4.69) is 31.3 Å². The summed E-state index contributed by atoms with van der Waals surface area (Å²) < 4.78 is 5.16. The van der Waals surface area contributed by atoms with Gasteiger partial charge in [-0.25, -0.2) is 0 Å². The van der Waals surface area contributed by atoms with Crippen LogP contribution < -0.4 is 10.1 Å². The highest BCUT2D eigenvalue weighted by Gasteiger charge is 2.36. The Kier molecular flexibility index (Phi) is 5.28. The van der Waals surface area contributed by atoms with Crippen LogP contribution in [0.25, 0.3) is 0 Å². The summed E-state index contributed by atoms with van der Waals surface area (Å²) in [6.45, 7) is 6.20. The van der Waals surface area contributed by atoms with Crippen molar-refractivity contribution in [3.05, 3.63) is 29.8 Å². The second kappa shape index (κ2) is 6.80. The first kappa shape index (κ1) is 16.3. The van der Waals surface area contributed by atoms with Crippen LogP contribution in [0.4, 0.5) is 0 Å². The Morgan fingerprint density at radius 2 is 1.71 bits per heavy atom. The molecule has 1 fully saturated rings. The summed E-state index contributed by atoms with van der Waals surface area (Å²) in [5.41, 5.74) is 1.19. The van der Waals surface area contributed by atoms with Gasteiger partial charge in [0, 0.05) is 6.54 Å². The zero-order valence-electron chi connectivity index (χ0n) is 13.6. The summed E-state index contributed by atoms with van der Waals surface area (Å²) in [5.74, 6) is 0.894. The van der Waals surface area contributed by atoms with Gasteiger partial charge in [-0.05, 0) is 61.8 Å². The Bertz CT molecular complexity index is 429. The van der Waals surface area contributed by atoms with Gasteiger partial charge in [-0.2, -0.15) is 0 Å². The number of rotatable bonds is 6. The highest BCUT2D eigenvalue weighted by atomic mass is 16.5. The second-order valence-corrected chi connectivity index (χ2v) is 7.16. The molecule has 0 amide bonds. The number of ether oxygens (including phenoxy) is 1. The van der Waals surface area contributed by atoms with E-state index >= 15 is 0 Å². The van der Waals surface area contributed by atoms with Gasteiger partial charge in [0.2, 0.25) is 0 Å². The lowest BCUT2D eigenvalue weighted by Gasteiger charge is -2.40. The largest absolute Gasteiger partial charge is 0.497 e. The van der Waals surface area contributed by atoms with Crippen LogP contribution in [-0.2, 0) is 6.42 Å². The predicted octanol–water partition coefficient (Wildman–Crippen LogP) is 3.16. The van der Waals surface area contributed by atoms with Crippen molar-refractivity contribution in [1.29, 1.82) is 0 Å². The second-order valence-electron chi connectivity index (χ2n) is 7.16. The topological polar surface area (TPSA) is 41.5 Å². The Morgan fingerprint density at radius 3 is 2.29 bits per heavy atom. The summed E-state index contributed by atoms with van der Waals surface area (Å²) in [5, 5.41) is 14.0. The average Bonchev–Trinajstić information content (AvgIpc) is 2.48. The van der Waals surface area contributed by atoms with Gasteiger partial charge >= 0.3 is 0 Å². The molecule has 0 aromatic heterocycles. The van der Waals surface area contributed by atoms with E-state index < -0.39 is 5.60 Å². The number of nitrogens with one attached hydrogen (secondary N) is 1. The van der Waals surface area contributed by atoms with Gasteiger partial charge < -0.3 is 15.2 Å². The van der Waals surface area contributed by atoms with Crippen molar-refractivity contribution < 1.29 is 9.84 Å². The molecule has 0 radical (unpaired) electrons. The Balaban J connectivity index is 1.69. The molecule has 2 rings (SSSR count). The van der Waals surface area contributed by atoms with Crippen molar-refractivity contribution in [3.8, 4) is 5.75 Å². The number of aliphatic hydroxyl groups is 1. The van der Waals surface area contributed by atoms with E-state index in [1.807, 2.05) is 12.1 Å². The van der Waals surface area contributed by atoms with E-state index in [4.69, 9.17) is 4.74 Å². The minimum absolute atomic E-state index is 0.398. The molecule has 3 nitrogen and oxygen atoms in total. The first-order valence-corrected chi connectivity index (χ1v) is 7.99. The summed E-state index contributed by atoms with van der Waals surface area (Å²) in [6, 6.07) is 8.18. The molecule has 0 spiro atoms. The van der Waals surface area contributed by atoms with Crippen molar-refractivity contribution in [3.63, 3.8) is 0 Å².